The first-order valence-electron chi connectivity index (χ1n) is 3.23. The summed E-state index contributed by atoms with van der Waals surface area (Å²) in [5, 5.41) is 20.9. The molecule has 0 aromatic carbocycles. The van der Waals surface area contributed by atoms with Gasteiger partial charge in [-0.3, -0.25) is 0 Å². The highest BCUT2D eigenvalue weighted by Gasteiger charge is 2.19. The molecule has 0 aliphatic rings. The lowest BCUT2D eigenvalue weighted by Gasteiger charge is -2.12. The van der Waals surface area contributed by atoms with Crippen LogP contribution in [0.1, 0.15) is 11.1 Å². The number of nitrogens with zero attached hydrogens (tertiary/aromatic N) is 1. The van der Waals surface area contributed by atoms with Crippen LogP contribution in [0.15, 0.2) is 9.98 Å². The molecule has 1 aromatic heterocycles. The summed E-state index contributed by atoms with van der Waals surface area (Å²) in [4.78, 5) is 3.97. The lowest BCUT2D eigenvalue weighted by atomic mass is 10.2. The lowest BCUT2D eigenvalue weighted by Crippen LogP contribution is -2.19. The van der Waals surface area contributed by atoms with Gasteiger partial charge in [0, 0.05) is 11.1 Å². The van der Waals surface area contributed by atoms with Gasteiger partial charge in [0.1, 0.15) is 15.7 Å². The number of thiazole rings is 1. The van der Waals surface area contributed by atoms with E-state index in [1.54, 1.807) is 5.38 Å². The van der Waals surface area contributed by atoms with Gasteiger partial charge in [0.05, 0.1) is 6.10 Å². The standard InChI is InChI=1S/C6H8BrNO2S2/c7-4-2-12-6(8-4)5(10)3(9)1-11/h2-3,5,9-11H,1H2. The average molecular weight is 270 g/mol. The van der Waals surface area contributed by atoms with E-state index >= 15 is 0 Å². The van der Waals surface area contributed by atoms with Crippen LogP contribution in [0.25, 0.3) is 0 Å². The molecule has 3 nitrogen and oxygen atoms in total. The Hall–Kier alpha value is 0.380. The van der Waals surface area contributed by atoms with E-state index in [0.717, 1.165) is 0 Å². The molecule has 2 N–H and O–H groups in total. The fourth-order valence-corrected chi connectivity index (χ4v) is 2.17. The smallest absolute Gasteiger partial charge is 0.132 e. The number of hydrogen-bond acceptors (Lipinski definition) is 5. The third kappa shape index (κ3) is 2.43. The minimum absolute atomic E-state index is 0.221. The summed E-state index contributed by atoms with van der Waals surface area (Å²) in [6, 6.07) is 0. The second-order valence-corrected chi connectivity index (χ2v) is 4.27. The van der Waals surface area contributed by atoms with Gasteiger partial charge in [-0.05, 0) is 15.9 Å². The first-order chi connectivity index (χ1) is 5.65. The average Bonchev–Trinajstić information content (AvgIpc) is 2.49. The van der Waals surface area contributed by atoms with Gasteiger partial charge in [-0.25, -0.2) is 4.98 Å². The molecule has 0 amide bonds. The van der Waals surface area contributed by atoms with Crippen molar-refractivity contribution >= 4 is 39.9 Å². The van der Waals surface area contributed by atoms with Gasteiger partial charge >= 0.3 is 0 Å². The second kappa shape index (κ2) is 4.57. The van der Waals surface area contributed by atoms with E-state index in [1.165, 1.54) is 11.3 Å². The van der Waals surface area contributed by atoms with E-state index < -0.39 is 12.2 Å². The first-order valence-corrected chi connectivity index (χ1v) is 5.53. The van der Waals surface area contributed by atoms with E-state index in [4.69, 9.17) is 0 Å². The third-order valence-electron chi connectivity index (χ3n) is 1.30. The van der Waals surface area contributed by atoms with Crippen LogP contribution >= 0.6 is 39.9 Å². The Morgan fingerprint density at radius 3 is 2.75 bits per heavy atom. The fourth-order valence-electron chi connectivity index (χ4n) is 0.667. The van der Waals surface area contributed by atoms with Gasteiger partial charge in [0.15, 0.2) is 0 Å². The van der Waals surface area contributed by atoms with Crippen molar-refractivity contribution in [3.05, 3.63) is 15.0 Å². The Bertz CT molecular complexity index is 255. The number of halogens is 1. The Morgan fingerprint density at radius 1 is 1.67 bits per heavy atom. The molecular weight excluding hydrogens is 262 g/mol. The summed E-state index contributed by atoms with van der Waals surface area (Å²) in [7, 11) is 0. The zero-order valence-electron chi connectivity index (χ0n) is 6.01. The topological polar surface area (TPSA) is 53.4 Å². The third-order valence-corrected chi connectivity index (χ3v) is 3.30. The molecule has 0 radical (unpaired) electrons. The second-order valence-electron chi connectivity index (χ2n) is 2.20. The molecular formula is C6H8BrNO2S2. The molecule has 2 unspecified atom stereocenters. The molecule has 1 aromatic rings. The molecule has 0 fully saturated rings. The van der Waals surface area contributed by atoms with E-state index in [9.17, 15) is 10.2 Å². The van der Waals surface area contributed by atoms with Crippen molar-refractivity contribution in [2.75, 3.05) is 5.75 Å². The van der Waals surface area contributed by atoms with Crippen molar-refractivity contribution < 1.29 is 10.2 Å². The first kappa shape index (κ1) is 10.5. The summed E-state index contributed by atoms with van der Waals surface area (Å²) in [5.41, 5.74) is 0. The van der Waals surface area contributed by atoms with Crippen molar-refractivity contribution in [2.24, 2.45) is 0 Å². The largest absolute Gasteiger partial charge is 0.389 e. The SMILES string of the molecule is OC(CS)C(O)c1nc(Br)cs1. The molecule has 68 valence electrons. The molecule has 0 bridgehead atoms. The Balaban J connectivity index is 2.70. The summed E-state index contributed by atoms with van der Waals surface area (Å²) >= 11 is 8.33. The minimum Gasteiger partial charge on any atom is -0.389 e. The van der Waals surface area contributed by atoms with Gasteiger partial charge in [-0.15, -0.1) is 11.3 Å². The number of thiol groups is 1. The van der Waals surface area contributed by atoms with Gasteiger partial charge in [-0.1, -0.05) is 0 Å². The fraction of sp³-hybridized carbons (Fsp3) is 0.500. The number of aromatic nitrogens is 1. The molecule has 0 spiro atoms. The molecule has 2 atom stereocenters. The highest BCUT2D eigenvalue weighted by Crippen LogP contribution is 2.23. The summed E-state index contributed by atoms with van der Waals surface area (Å²) in [5.74, 6) is 0.221. The van der Waals surface area contributed by atoms with Crippen molar-refractivity contribution in [2.45, 2.75) is 12.2 Å². The monoisotopic (exact) mass is 269 g/mol. The quantitative estimate of drug-likeness (QED) is 0.724. The van der Waals surface area contributed by atoms with Crippen molar-refractivity contribution in [1.82, 2.24) is 4.98 Å². The number of rotatable bonds is 3. The number of aliphatic hydroxyl groups excluding tert-OH is 2. The van der Waals surface area contributed by atoms with E-state index in [1.807, 2.05) is 0 Å². The summed E-state index contributed by atoms with van der Waals surface area (Å²) in [6.45, 7) is 0. The Morgan fingerprint density at radius 2 is 2.33 bits per heavy atom. The summed E-state index contributed by atoms with van der Waals surface area (Å²) in [6.07, 6.45) is -1.79. The minimum atomic E-state index is -0.932. The van der Waals surface area contributed by atoms with Gasteiger partial charge in [-0.2, -0.15) is 12.6 Å². The predicted octanol–water partition coefficient (Wildman–Crippen LogP) is 1.23. The number of aliphatic hydroxyl groups is 2. The van der Waals surface area contributed by atoms with Crippen LogP contribution < -0.4 is 0 Å². The molecule has 1 rings (SSSR count). The molecule has 0 aliphatic heterocycles. The Labute approximate surface area is 88.0 Å². The maximum atomic E-state index is 9.43. The van der Waals surface area contributed by atoms with Crippen LogP contribution in [-0.4, -0.2) is 27.1 Å². The van der Waals surface area contributed by atoms with Crippen LogP contribution in [0.3, 0.4) is 0 Å². The van der Waals surface area contributed by atoms with Crippen LogP contribution in [0.2, 0.25) is 0 Å². The lowest BCUT2D eigenvalue weighted by molar-refractivity contribution is 0.0335. The molecule has 12 heavy (non-hydrogen) atoms. The molecule has 0 aliphatic carbocycles. The van der Waals surface area contributed by atoms with Crippen molar-refractivity contribution in [3.8, 4) is 0 Å². The molecule has 0 saturated carbocycles. The zero-order chi connectivity index (χ0) is 9.14. The summed E-state index contributed by atoms with van der Waals surface area (Å²) < 4.78 is 0.674. The van der Waals surface area contributed by atoms with Crippen LogP contribution in [0, 0.1) is 0 Å². The van der Waals surface area contributed by atoms with Crippen molar-refractivity contribution in [3.63, 3.8) is 0 Å². The maximum absolute atomic E-state index is 9.43. The number of hydrogen-bond donors (Lipinski definition) is 3. The van der Waals surface area contributed by atoms with Crippen LogP contribution in [-0.2, 0) is 0 Å². The van der Waals surface area contributed by atoms with E-state index in [-0.39, 0.29) is 5.75 Å². The van der Waals surface area contributed by atoms with Crippen molar-refractivity contribution in [1.29, 1.82) is 0 Å². The normalized spacial score (nSPS) is 16.0. The van der Waals surface area contributed by atoms with Gasteiger partial charge in [0.25, 0.3) is 0 Å². The molecule has 0 saturated heterocycles. The predicted molar refractivity (Wildman–Crippen MR) is 54.6 cm³/mol. The highest BCUT2D eigenvalue weighted by atomic mass is 79.9. The molecule has 6 heteroatoms. The maximum Gasteiger partial charge on any atom is 0.132 e. The van der Waals surface area contributed by atoms with E-state index in [0.29, 0.717) is 9.61 Å². The van der Waals surface area contributed by atoms with Gasteiger partial charge < -0.3 is 10.2 Å². The molecule has 1 heterocycles. The highest BCUT2D eigenvalue weighted by molar-refractivity contribution is 9.10. The Kier molecular flexibility index (Phi) is 3.98. The van der Waals surface area contributed by atoms with Crippen LogP contribution in [0.5, 0.6) is 0 Å². The van der Waals surface area contributed by atoms with E-state index in [2.05, 4.69) is 33.5 Å². The van der Waals surface area contributed by atoms with Gasteiger partial charge in [0.2, 0.25) is 0 Å². The zero-order valence-corrected chi connectivity index (χ0v) is 9.31. The van der Waals surface area contributed by atoms with Crippen LogP contribution in [0.4, 0.5) is 0 Å².